The molecule has 1 atom stereocenters. The lowest BCUT2D eigenvalue weighted by Gasteiger charge is -2.00. The van der Waals surface area contributed by atoms with Crippen molar-refractivity contribution in [3.8, 4) is 0 Å². The molecule has 2 rings (SSSR count). The average Bonchev–Trinajstić information content (AvgIpc) is 2.68. The molecule has 1 unspecified atom stereocenters. The van der Waals surface area contributed by atoms with Crippen LogP contribution >= 0.6 is 0 Å². The molecule has 4 heteroatoms. The molecule has 1 aromatic carbocycles. The third-order valence-corrected chi connectivity index (χ3v) is 2.15. The van der Waals surface area contributed by atoms with Gasteiger partial charge in [-0.15, -0.1) is 0 Å². The molecular weight excluding hydrogens is 188 g/mol. The van der Waals surface area contributed by atoms with Crippen molar-refractivity contribution in [1.29, 1.82) is 0 Å². The minimum Gasteiger partial charge on any atom is -0.321 e. The summed E-state index contributed by atoms with van der Waals surface area (Å²) in [5.74, 6) is 0.686. The van der Waals surface area contributed by atoms with Crippen LogP contribution < -0.4 is 5.73 Å². The number of hydrogen-bond acceptors (Lipinski definition) is 3. The molecule has 2 N–H and O–H groups in total. The first kappa shape index (κ1) is 9.86. The van der Waals surface area contributed by atoms with E-state index < -0.39 is 0 Å². The second-order valence-electron chi connectivity index (χ2n) is 3.57. The Labute approximate surface area is 88.8 Å². The van der Waals surface area contributed by atoms with Crippen molar-refractivity contribution in [2.75, 3.05) is 0 Å². The molecule has 0 fully saturated rings. The van der Waals surface area contributed by atoms with E-state index in [2.05, 4.69) is 22.2 Å². The largest absolute Gasteiger partial charge is 0.321 e. The van der Waals surface area contributed by atoms with Crippen molar-refractivity contribution in [1.82, 2.24) is 14.8 Å². The first-order chi connectivity index (χ1) is 7.25. The summed E-state index contributed by atoms with van der Waals surface area (Å²) < 4.78 is 1.80. The van der Waals surface area contributed by atoms with Crippen LogP contribution in [0.5, 0.6) is 0 Å². The van der Waals surface area contributed by atoms with Gasteiger partial charge in [-0.2, -0.15) is 5.10 Å². The van der Waals surface area contributed by atoms with Gasteiger partial charge in [0.15, 0.2) is 5.82 Å². The van der Waals surface area contributed by atoms with Crippen LogP contribution in [0.15, 0.2) is 36.7 Å². The zero-order valence-electron chi connectivity index (χ0n) is 8.67. The summed E-state index contributed by atoms with van der Waals surface area (Å²) in [6.07, 6.45) is 1.71. The zero-order valence-corrected chi connectivity index (χ0v) is 8.67. The Morgan fingerprint density at radius 3 is 2.67 bits per heavy atom. The summed E-state index contributed by atoms with van der Waals surface area (Å²) >= 11 is 0. The quantitative estimate of drug-likeness (QED) is 0.817. The molecule has 0 aliphatic carbocycles. The van der Waals surface area contributed by atoms with Gasteiger partial charge in [-0.25, -0.2) is 9.67 Å². The molecule has 0 amide bonds. The molecule has 0 aliphatic rings. The van der Waals surface area contributed by atoms with Gasteiger partial charge in [0.2, 0.25) is 0 Å². The first-order valence-electron chi connectivity index (χ1n) is 4.94. The summed E-state index contributed by atoms with van der Waals surface area (Å²) in [5.41, 5.74) is 6.89. The second kappa shape index (κ2) is 4.23. The molecule has 0 aliphatic heterocycles. The van der Waals surface area contributed by atoms with E-state index in [4.69, 9.17) is 5.73 Å². The molecule has 0 spiro atoms. The predicted octanol–water partition coefficient (Wildman–Crippen LogP) is 1.35. The van der Waals surface area contributed by atoms with Crippen molar-refractivity contribution < 1.29 is 0 Å². The van der Waals surface area contributed by atoms with E-state index in [9.17, 15) is 0 Å². The summed E-state index contributed by atoms with van der Waals surface area (Å²) in [6.45, 7) is 2.61. The standard InChI is InChI=1S/C11H14N4/c1-9(12)11-13-8-15(14-11)7-10-5-3-2-4-6-10/h2-6,8-9H,7,12H2,1H3. The van der Waals surface area contributed by atoms with Crippen molar-refractivity contribution >= 4 is 0 Å². The minimum atomic E-state index is -0.109. The summed E-state index contributed by atoms with van der Waals surface area (Å²) in [5, 5.41) is 4.29. The molecule has 0 saturated heterocycles. The van der Waals surface area contributed by atoms with Crippen molar-refractivity contribution in [3.63, 3.8) is 0 Å². The van der Waals surface area contributed by atoms with Gasteiger partial charge in [0.1, 0.15) is 6.33 Å². The SMILES string of the molecule is CC(N)c1ncn(Cc2ccccc2)n1. The highest BCUT2D eigenvalue weighted by molar-refractivity contribution is 5.14. The zero-order chi connectivity index (χ0) is 10.7. The van der Waals surface area contributed by atoms with E-state index in [-0.39, 0.29) is 6.04 Å². The maximum absolute atomic E-state index is 5.68. The average molecular weight is 202 g/mol. The molecule has 78 valence electrons. The highest BCUT2D eigenvalue weighted by Crippen LogP contribution is 2.04. The van der Waals surface area contributed by atoms with Gasteiger partial charge in [0.05, 0.1) is 12.6 Å². The molecule has 2 aromatic rings. The van der Waals surface area contributed by atoms with Crippen LogP contribution in [0.25, 0.3) is 0 Å². The fourth-order valence-corrected chi connectivity index (χ4v) is 1.36. The van der Waals surface area contributed by atoms with Gasteiger partial charge in [-0.1, -0.05) is 30.3 Å². The second-order valence-corrected chi connectivity index (χ2v) is 3.57. The van der Waals surface area contributed by atoms with E-state index in [1.165, 1.54) is 5.56 Å². The van der Waals surface area contributed by atoms with Crippen LogP contribution in [0, 0.1) is 0 Å². The Kier molecular flexibility index (Phi) is 2.78. The Bertz CT molecular complexity index is 419. The summed E-state index contributed by atoms with van der Waals surface area (Å²) in [6, 6.07) is 10.0. The van der Waals surface area contributed by atoms with E-state index >= 15 is 0 Å². The number of nitrogens with zero attached hydrogens (tertiary/aromatic N) is 3. The summed E-state index contributed by atoms with van der Waals surface area (Å²) in [4.78, 5) is 4.14. The Balaban J connectivity index is 2.12. The molecular formula is C11H14N4. The third kappa shape index (κ3) is 2.41. The van der Waals surface area contributed by atoms with Gasteiger partial charge in [-0.05, 0) is 12.5 Å². The topological polar surface area (TPSA) is 56.7 Å². The van der Waals surface area contributed by atoms with Crippen LogP contribution in [-0.4, -0.2) is 14.8 Å². The number of hydrogen-bond donors (Lipinski definition) is 1. The molecule has 15 heavy (non-hydrogen) atoms. The maximum atomic E-state index is 5.68. The van der Waals surface area contributed by atoms with E-state index in [0.717, 1.165) is 6.54 Å². The van der Waals surface area contributed by atoms with Crippen LogP contribution in [-0.2, 0) is 6.54 Å². The van der Waals surface area contributed by atoms with Crippen molar-refractivity contribution in [3.05, 3.63) is 48.0 Å². The van der Waals surface area contributed by atoms with Crippen LogP contribution in [0.2, 0.25) is 0 Å². The van der Waals surface area contributed by atoms with Crippen LogP contribution in [0.4, 0.5) is 0 Å². The van der Waals surface area contributed by atoms with Crippen LogP contribution in [0.3, 0.4) is 0 Å². The lowest BCUT2D eigenvalue weighted by atomic mass is 10.2. The minimum absolute atomic E-state index is 0.109. The molecule has 4 nitrogen and oxygen atoms in total. The predicted molar refractivity (Wildman–Crippen MR) is 58.2 cm³/mol. The number of nitrogens with two attached hydrogens (primary N) is 1. The fourth-order valence-electron chi connectivity index (χ4n) is 1.36. The van der Waals surface area contributed by atoms with Gasteiger partial charge in [-0.3, -0.25) is 0 Å². The Hall–Kier alpha value is -1.68. The normalized spacial score (nSPS) is 12.7. The van der Waals surface area contributed by atoms with Gasteiger partial charge in [0.25, 0.3) is 0 Å². The highest BCUT2D eigenvalue weighted by atomic mass is 15.3. The van der Waals surface area contributed by atoms with Crippen molar-refractivity contribution in [2.45, 2.75) is 19.5 Å². The third-order valence-electron chi connectivity index (χ3n) is 2.15. The molecule has 1 heterocycles. The molecule has 1 aromatic heterocycles. The fraction of sp³-hybridized carbons (Fsp3) is 0.273. The number of aromatic nitrogens is 3. The van der Waals surface area contributed by atoms with E-state index in [1.807, 2.05) is 25.1 Å². The lowest BCUT2D eigenvalue weighted by Crippen LogP contribution is -2.08. The highest BCUT2D eigenvalue weighted by Gasteiger charge is 2.05. The van der Waals surface area contributed by atoms with E-state index in [1.54, 1.807) is 11.0 Å². The van der Waals surface area contributed by atoms with Gasteiger partial charge in [0, 0.05) is 0 Å². The smallest absolute Gasteiger partial charge is 0.166 e. The molecule has 0 saturated carbocycles. The first-order valence-corrected chi connectivity index (χ1v) is 4.94. The number of rotatable bonds is 3. The Morgan fingerprint density at radius 2 is 2.07 bits per heavy atom. The summed E-state index contributed by atoms with van der Waals surface area (Å²) in [7, 11) is 0. The van der Waals surface area contributed by atoms with Crippen molar-refractivity contribution in [2.24, 2.45) is 5.73 Å². The van der Waals surface area contributed by atoms with Gasteiger partial charge < -0.3 is 5.73 Å². The Morgan fingerprint density at radius 1 is 1.33 bits per heavy atom. The van der Waals surface area contributed by atoms with Crippen LogP contribution in [0.1, 0.15) is 24.4 Å². The lowest BCUT2D eigenvalue weighted by molar-refractivity contribution is 0.649. The molecule has 0 bridgehead atoms. The monoisotopic (exact) mass is 202 g/mol. The maximum Gasteiger partial charge on any atom is 0.166 e. The molecule has 0 radical (unpaired) electrons. The number of benzene rings is 1. The van der Waals surface area contributed by atoms with Gasteiger partial charge >= 0.3 is 0 Å². The van der Waals surface area contributed by atoms with E-state index in [0.29, 0.717) is 5.82 Å².